The van der Waals surface area contributed by atoms with Crippen molar-refractivity contribution in [2.75, 3.05) is 26.1 Å². The number of hydrogen-bond donors (Lipinski definition) is 1. The predicted molar refractivity (Wildman–Crippen MR) is 106 cm³/mol. The number of rotatable bonds is 4. The highest BCUT2D eigenvalue weighted by Gasteiger charge is 2.24. The molecular formula is C21H27N3O3. The summed E-state index contributed by atoms with van der Waals surface area (Å²) in [5.41, 5.74) is 3.58. The van der Waals surface area contributed by atoms with Crippen molar-refractivity contribution >= 4 is 11.6 Å². The Morgan fingerprint density at radius 2 is 1.78 bits per heavy atom. The minimum Gasteiger partial charge on any atom is -0.493 e. The van der Waals surface area contributed by atoms with E-state index >= 15 is 0 Å². The fourth-order valence-corrected chi connectivity index (χ4v) is 3.25. The van der Waals surface area contributed by atoms with Gasteiger partial charge in [0.1, 0.15) is 5.69 Å². The van der Waals surface area contributed by atoms with Gasteiger partial charge in [-0.2, -0.15) is 0 Å². The molecule has 1 aliphatic rings. The number of ether oxygens (including phenoxy) is 2. The van der Waals surface area contributed by atoms with E-state index < -0.39 is 0 Å². The largest absolute Gasteiger partial charge is 0.493 e. The van der Waals surface area contributed by atoms with Gasteiger partial charge in [-0.05, 0) is 62.6 Å². The van der Waals surface area contributed by atoms with E-state index in [1.54, 1.807) is 26.5 Å². The van der Waals surface area contributed by atoms with Gasteiger partial charge in [0.15, 0.2) is 11.5 Å². The Kier molecular flexibility index (Phi) is 5.26. The second-order valence-corrected chi connectivity index (χ2v) is 7.76. The highest BCUT2D eigenvalue weighted by molar-refractivity contribution is 5.92. The van der Waals surface area contributed by atoms with Gasteiger partial charge in [-0.15, -0.1) is 0 Å². The SMILES string of the molecule is COc1cc2c(cc1OC)CN(C(=O)c1ccc(NC(C)(C)C)cn1)CC2. The zero-order chi connectivity index (χ0) is 19.6. The molecule has 6 nitrogen and oxygen atoms in total. The number of fused-ring (bicyclic) bond motifs is 1. The maximum absolute atomic E-state index is 12.9. The molecule has 27 heavy (non-hydrogen) atoms. The lowest BCUT2D eigenvalue weighted by molar-refractivity contribution is 0.0728. The summed E-state index contributed by atoms with van der Waals surface area (Å²) in [4.78, 5) is 19.1. The molecule has 0 unspecified atom stereocenters. The number of nitrogens with one attached hydrogen (secondary N) is 1. The molecule has 1 aliphatic heterocycles. The number of amides is 1. The summed E-state index contributed by atoms with van der Waals surface area (Å²) >= 11 is 0. The van der Waals surface area contributed by atoms with Crippen molar-refractivity contribution < 1.29 is 14.3 Å². The first-order chi connectivity index (χ1) is 12.8. The molecule has 2 heterocycles. The fourth-order valence-electron chi connectivity index (χ4n) is 3.25. The van der Waals surface area contributed by atoms with E-state index in [1.165, 1.54) is 5.56 Å². The van der Waals surface area contributed by atoms with Crippen molar-refractivity contribution in [1.29, 1.82) is 0 Å². The van der Waals surface area contributed by atoms with Crippen LogP contribution in [0.1, 0.15) is 42.4 Å². The second kappa shape index (κ2) is 7.47. The minimum absolute atomic E-state index is 0.0517. The van der Waals surface area contributed by atoms with E-state index in [0.717, 1.165) is 23.4 Å². The lowest BCUT2D eigenvalue weighted by Gasteiger charge is -2.29. The quantitative estimate of drug-likeness (QED) is 0.894. The molecule has 0 spiro atoms. The average molecular weight is 369 g/mol. The van der Waals surface area contributed by atoms with E-state index in [-0.39, 0.29) is 11.4 Å². The van der Waals surface area contributed by atoms with E-state index in [4.69, 9.17) is 9.47 Å². The molecule has 1 aromatic heterocycles. The number of carbonyl (C=O) groups excluding carboxylic acids is 1. The van der Waals surface area contributed by atoms with Gasteiger partial charge in [-0.3, -0.25) is 4.79 Å². The number of methoxy groups -OCH3 is 2. The van der Waals surface area contributed by atoms with Gasteiger partial charge >= 0.3 is 0 Å². The Hall–Kier alpha value is -2.76. The van der Waals surface area contributed by atoms with Crippen LogP contribution in [0.4, 0.5) is 5.69 Å². The highest BCUT2D eigenvalue weighted by Crippen LogP contribution is 2.33. The molecule has 0 atom stereocenters. The molecule has 1 aromatic carbocycles. The first-order valence-electron chi connectivity index (χ1n) is 9.08. The van der Waals surface area contributed by atoms with E-state index in [9.17, 15) is 4.79 Å². The number of carbonyl (C=O) groups is 1. The molecular weight excluding hydrogens is 342 g/mol. The molecule has 0 radical (unpaired) electrons. The molecule has 0 aliphatic carbocycles. The van der Waals surface area contributed by atoms with Crippen LogP contribution >= 0.6 is 0 Å². The lowest BCUT2D eigenvalue weighted by Crippen LogP contribution is -2.36. The number of benzene rings is 1. The summed E-state index contributed by atoms with van der Waals surface area (Å²) in [7, 11) is 3.25. The predicted octanol–water partition coefficient (Wildman–Crippen LogP) is 3.51. The van der Waals surface area contributed by atoms with Gasteiger partial charge < -0.3 is 19.7 Å². The summed E-state index contributed by atoms with van der Waals surface area (Å²) in [6.45, 7) is 7.45. The maximum Gasteiger partial charge on any atom is 0.272 e. The van der Waals surface area contributed by atoms with Crippen molar-refractivity contribution in [2.45, 2.75) is 39.3 Å². The van der Waals surface area contributed by atoms with Gasteiger partial charge in [0.25, 0.3) is 5.91 Å². The maximum atomic E-state index is 12.9. The minimum atomic E-state index is -0.0576. The smallest absolute Gasteiger partial charge is 0.272 e. The Labute approximate surface area is 160 Å². The summed E-state index contributed by atoms with van der Waals surface area (Å²) < 4.78 is 10.8. The van der Waals surface area contributed by atoms with Crippen LogP contribution in [-0.4, -0.2) is 42.1 Å². The van der Waals surface area contributed by atoms with Crippen molar-refractivity contribution in [3.8, 4) is 11.5 Å². The fraction of sp³-hybridized carbons (Fsp3) is 0.429. The van der Waals surface area contributed by atoms with Crippen LogP contribution in [0, 0.1) is 0 Å². The first-order valence-corrected chi connectivity index (χ1v) is 9.08. The second-order valence-electron chi connectivity index (χ2n) is 7.76. The zero-order valence-electron chi connectivity index (χ0n) is 16.6. The Morgan fingerprint density at radius 3 is 2.33 bits per heavy atom. The monoisotopic (exact) mass is 369 g/mol. The molecule has 3 rings (SSSR count). The van der Waals surface area contributed by atoms with Crippen LogP contribution in [0.25, 0.3) is 0 Å². The summed E-state index contributed by atoms with van der Waals surface area (Å²) in [6, 6.07) is 7.64. The van der Waals surface area contributed by atoms with Crippen molar-refractivity contribution in [2.24, 2.45) is 0 Å². The average Bonchev–Trinajstić information content (AvgIpc) is 2.65. The molecule has 0 saturated heterocycles. The molecule has 2 aromatic rings. The normalized spacial score (nSPS) is 13.7. The van der Waals surface area contributed by atoms with Crippen molar-refractivity contribution in [3.63, 3.8) is 0 Å². The van der Waals surface area contributed by atoms with E-state index in [2.05, 4.69) is 31.1 Å². The van der Waals surface area contributed by atoms with Gasteiger partial charge in [0.05, 0.1) is 26.1 Å². The van der Waals surface area contributed by atoms with Gasteiger partial charge in [-0.25, -0.2) is 4.98 Å². The van der Waals surface area contributed by atoms with E-state index in [1.807, 2.05) is 23.1 Å². The Bertz CT molecular complexity index is 826. The van der Waals surface area contributed by atoms with Gasteiger partial charge in [0, 0.05) is 18.6 Å². The Morgan fingerprint density at radius 1 is 1.11 bits per heavy atom. The lowest BCUT2D eigenvalue weighted by atomic mass is 9.98. The first kappa shape index (κ1) is 19.0. The van der Waals surface area contributed by atoms with Crippen LogP contribution in [0.5, 0.6) is 11.5 Å². The van der Waals surface area contributed by atoms with Crippen LogP contribution in [0.3, 0.4) is 0 Å². The van der Waals surface area contributed by atoms with Crippen molar-refractivity contribution in [1.82, 2.24) is 9.88 Å². The van der Waals surface area contributed by atoms with Crippen LogP contribution in [-0.2, 0) is 13.0 Å². The Balaban J connectivity index is 1.75. The molecule has 0 saturated carbocycles. The topological polar surface area (TPSA) is 63.7 Å². The molecule has 1 N–H and O–H groups in total. The van der Waals surface area contributed by atoms with Crippen LogP contribution < -0.4 is 14.8 Å². The number of anilines is 1. The summed E-state index contributed by atoms with van der Waals surface area (Å²) in [5, 5.41) is 3.35. The number of aromatic nitrogens is 1. The van der Waals surface area contributed by atoms with Crippen molar-refractivity contribution in [3.05, 3.63) is 47.3 Å². The number of pyridine rings is 1. The highest BCUT2D eigenvalue weighted by atomic mass is 16.5. The molecule has 1 amide bonds. The molecule has 0 bridgehead atoms. The third-order valence-electron chi connectivity index (χ3n) is 4.51. The third kappa shape index (κ3) is 4.32. The number of hydrogen-bond acceptors (Lipinski definition) is 5. The number of nitrogens with zero attached hydrogens (tertiary/aromatic N) is 2. The summed E-state index contributed by atoms with van der Waals surface area (Å²) in [5.74, 6) is 1.35. The zero-order valence-corrected chi connectivity index (χ0v) is 16.6. The van der Waals surface area contributed by atoms with Crippen LogP contribution in [0.2, 0.25) is 0 Å². The van der Waals surface area contributed by atoms with Gasteiger partial charge in [0.2, 0.25) is 0 Å². The molecule has 144 valence electrons. The standard InChI is InChI=1S/C21H27N3O3/c1-21(2,3)23-16-6-7-17(22-12-16)20(25)24-9-8-14-10-18(26-4)19(27-5)11-15(14)13-24/h6-7,10-12,23H,8-9,13H2,1-5H3. The van der Waals surface area contributed by atoms with Gasteiger partial charge in [-0.1, -0.05) is 0 Å². The van der Waals surface area contributed by atoms with E-state index in [0.29, 0.717) is 24.5 Å². The van der Waals surface area contributed by atoms with Crippen LogP contribution in [0.15, 0.2) is 30.5 Å². The third-order valence-corrected chi connectivity index (χ3v) is 4.51. The molecule has 0 fully saturated rings. The summed E-state index contributed by atoms with van der Waals surface area (Å²) in [6.07, 6.45) is 2.50. The molecule has 6 heteroatoms.